The minimum Gasteiger partial charge on any atom is -0.337 e. The molecule has 2 aliphatic rings. The fraction of sp³-hybridized carbons (Fsp3) is 0.500. The third kappa shape index (κ3) is 4.02. The second-order valence-corrected chi connectivity index (χ2v) is 8.36. The lowest BCUT2D eigenvalue weighted by atomic mass is 9.86. The van der Waals surface area contributed by atoms with Crippen molar-refractivity contribution in [3.8, 4) is 0 Å². The van der Waals surface area contributed by atoms with Crippen LogP contribution in [0.2, 0.25) is 0 Å². The number of hydrogen-bond acceptors (Lipinski definition) is 4. The first-order chi connectivity index (χ1) is 13.9. The number of aromatic amines is 1. The van der Waals surface area contributed by atoms with Crippen LogP contribution in [0.1, 0.15) is 51.6 Å². The quantitative estimate of drug-likeness (QED) is 0.755. The van der Waals surface area contributed by atoms with Crippen molar-refractivity contribution in [1.82, 2.24) is 19.4 Å². The summed E-state index contributed by atoms with van der Waals surface area (Å²) < 4.78 is 42.2. The molecule has 156 valence electrons. The number of piperidine rings is 1. The molecule has 0 spiro atoms. The van der Waals surface area contributed by atoms with Gasteiger partial charge in [0.05, 0.1) is 5.56 Å². The van der Waals surface area contributed by atoms with Gasteiger partial charge in [-0.25, -0.2) is 4.31 Å². The predicted molar refractivity (Wildman–Crippen MR) is 106 cm³/mol. The SMILES string of the molecule is CSN1CCc2[nH]nc(C(=O)N3CCC(c4ccccc4C(F)(F)F)CC3)c2C1. The molecule has 2 aliphatic heterocycles. The first-order valence-corrected chi connectivity index (χ1v) is 10.9. The zero-order chi connectivity index (χ0) is 20.6. The summed E-state index contributed by atoms with van der Waals surface area (Å²) in [5.74, 6) is -0.329. The van der Waals surface area contributed by atoms with E-state index < -0.39 is 11.7 Å². The molecule has 0 atom stereocenters. The highest BCUT2D eigenvalue weighted by Crippen LogP contribution is 2.39. The zero-order valence-electron chi connectivity index (χ0n) is 16.1. The molecule has 3 heterocycles. The van der Waals surface area contributed by atoms with E-state index in [1.165, 1.54) is 6.07 Å². The number of amides is 1. The van der Waals surface area contributed by atoms with Crippen LogP contribution in [0.15, 0.2) is 24.3 Å². The molecule has 29 heavy (non-hydrogen) atoms. The van der Waals surface area contributed by atoms with Gasteiger partial charge in [-0.2, -0.15) is 18.3 Å². The lowest BCUT2D eigenvalue weighted by Gasteiger charge is -2.33. The van der Waals surface area contributed by atoms with Crippen molar-refractivity contribution in [3.63, 3.8) is 0 Å². The molecule has 1 fully saturated rings. The molecule has 0 aliphatic carbocycles. The van der Waals surface area contributed by atoms with Crippen molar-refractivity contribution in [2.45, 2.75) is 37.9 Å². The smallest absolute Gasteiger partial charge is 0.337 e. The number of H-pyrrole nitrogens is 1. The number of carbonyl (C=O) groups is 1. The van der Waals surface area contributed by atoms with E-state index in [2.05, 4.69) is 14.5 Å². The number of benzene rings is 1. The number of hydrogen-bond donors (Lipinski definition) is 1. The molecule has 0 bridgehead atoms. The van der Waals surface area contributed by atoms with E-state index in [9.17, 15) is 18.0 Å². The number of rotatable bonds is 3. The van der Waals surface area contributed by atoms with Gasteiger partial charge >= 0.3 is 6.18 Å². The molecule has 4 rings (SSSR count). The maximum absolute atomic E-state index is 13.3. The van der Waals surface area contributed by atoms with Gasteiger partial charge in [0.25, 0.3) is 5.91 Å². The molecule has 2 aromatic rings. The highest BCUT2D eigenvalue weighted by atomic mass is 32.2. The van der Waals surface area contributed by atoms with Crippen LogP contribution in [-0.2, 0) is 19.1 Å². The summed E-state index contributed by atoms with van der Waals surface area (Å²) in [6, 6.07) is 5.77. The van der Waals surface area contributed by atoms with Gasteiger partial charge in [-0.1, -0.05) is 30.1 Å². The molecule has 1 aromatic heterocycles. The molecular formula is C20H23F3N4OS. The van der Waals surface area contributed by atoms with Crippen LogP contribution >= 0.6 is 11.9 Å². The van der Waals surface area contributed by atoms with Crippen LogP contribution in [0.4, 0.5) is 13.2 Å². The Morgan fingerprint density at radius 2 is 1.93 bits per heavy atom. The normalized spacial score (nSPS) is 18.7. The van der Waals surface area contributed by atoms with Gasteiger partial charge in [0, 0.05) is 43.9 Å². The second kappa shape index (κ2) is 8.02. The fourth-order valence-electron chi connectivity index (χ4n) is 4.26. The Balaban J connectivity index is 1.46. The summed E-state index contributed by atoms with van der Waals surface area (Å²) in [4.78, 5) is 14.8. The van der Waals surface area contributed by atoms with Gasteiger partial charge in [0.1, 0.15) is 0 Å². The third-order valence-electron chi connectivity index (χ3n) is 5.85. The summed E-state index contributed by atoms with van der Waals surface area (Å²) in [5, 5.41) is 7.26. The standard InChI is InChI=1S/C20H23F3N4OS/c1-29-27-11-8-17-15(12-27)18(25-24-17)19(28)26-9-6-13(7-10-26)14-4-2-3-5-16(14)20(21,22)23/h2-5,13H,6-12H2,1H3,(H,24,25). The largest absolute Gasteiger partial charge is 0.416 e. The molecule has 0 unspecified atom stereocenters. The molecule has 5 nitrogen and oxygen atoms in total. The highest BCUT2D eigenvalue weighted by Gasteiger charge is 2.36. The van der Waals surface area contributed by atoms with E-state index in [1.54, 1.807) is 29.0 Å². The maximum atomic E-state index is 13.3. The van der Waals surface area contributed by atoms with Crippen LogP contribution in [0.25, 0.3) is 0 Å². The van der Waals surface area contributed by atoms with Crippen molar-refractivity contribution in [3.05, 3.63) is 52.3 Å². The zero-order valence-corrected chi connectivity index (χ0v) is 16.9. The van der Waals surface area contributed by atoms with Crippen LogP contribution in [0.5, 0.6) is 0 Å². The summed E-state index contributed by atoms with van der Waals surface area (Å²) >= 11 is 1.64. The number of fused-ring (bicyclic) bond motifs is 1. The molecule has 1 aromatic carbocycles. The molecule has 1 amide bonds. The Kier molecular flexibility index (Phi) is 5.61. The highest BCUT2D eigenvalue weighted by molar-refractivity contribution is 7.96. The Labute approximate surface area is 171 Å². The van der Waals surface area contributed by atoms with Crippen molar-refractivity contribution >= 4 is 17.9 Å². The van der Waals surface area contributed by atoms with Crippen molar-refractivity contribution < 1.29 is 18.0 Å². The molecular weight excluding hydrogens is 401 g/mol. The third-order valence-corrected chi connectivity index (χ3v) is 6.68. The van der Waals surface area contributed by atoms with Crippen LogP contribution < -0.4 is 0 Å². The summed E-state index contributed by atoms with van der Waals surface area (Å²) in [5.41, 5.74) is 2.17. The van der Waals surface area contributed by atoms with Crippen molar-refractivity contribution in [1.29, 1.82) is 0 Å². The minimum atomic E-state index is -4.36. The van der Waals surface area contributed by atoms with Gasteiger partial charge in [0.15, 0.2) is 5.69 Å². The Morgan fingerprint density at radius 3 is 2.62 bits per heavy atom. The lowest BCUT2D eigenvalue weighted by Crippen LogP contribution is -2.39. The second-order valence-electron chi connectivity index (χ2n) is 7.48. The maximum Gasteiger partial charge on any atom is 0.416 e. The van der Waals surface area contributed by atoms with E-state index in [-0.39, 0.29) is 11.8 Å². The number of halogens is 3. The minimum absolute atomic E-state index is 0.131. The Bertz CT molecular complexity index is 890. The predicted octanol–water partition coefficient (Wildman–Crippen LogP) is 4.08. The number of aromatic nitrogens is 2. The van der Waals surface area contributed by atoms with Gasteiger partial charge in [-0.3, -0.25) is 9.89 Å². The number of nitrogens with one attached hydrogen (secondary N) is 1. The Hall–Kier alpha value is -2.00. The van der Waals surface area contributed by atoms with Crippen LogP contribution in [0, 0.1) is 0 Å². The summed E-state index contributed by atoms with van der Waals surface area (Å²) in [7, 11) is 0. The Morgan fingerprint density at radius 1 is 1.21 bits per heavy atom. The molecule has 9 heteroatoms. The average Bonchev–Trinajstić information content (AvgIpc) is 3.16. The van der Waals surface area contributed by atoms with Gasteiger partial charge < -0.3 is 4.90 Å². The monoisotopic (exact) mass is 424 g/mol. The van der Waals surface area contributed by atoms with E-state index in [0.29, 0.717) is 43.7 Å². The average molecular weight is 424 g/mol. The van der Waals surface area contributed by atoms with Gasteiger partial charge in [-0.15, -0.1) is 0 Å². The molecule has 0 radical (unpaired) electrons. The van der Waals surface area contributed by atoms with Gasteiger partial charge in [0.2, 0.25) is 0 Å². The van der Waals surface area contributed by atoms with Crippen molar-refractivity contribution in [2.75, 3.05) is 25.9 Å². The van der Waals surface area contributed by atoms with Crippen LogP contribution in [0.3, 0.4) is 0 Å². The van der Waals surface area contributed by atoms with Crippen molar-refractivity contribution in [2.24, 2.45) is 0 Å². The first-order valence-electron chi connectivity index (χ1n) is 9.69. The molecule has 1 N–H and O–H groups in total. The number of nitrogens with zero attached hydrogens (tertiary/aromatic N) is 3. The summed E-state index contributed by atoms with van der Waals surface area (Å²) in [6.45, 7) is 2.45. The van der Waals surface area contributed by atoms with E-state index in [4.69, 9.17) is 0 Å². The topological polar surface area (TPSA) is 52.2 Å². The lowest BCUT2D eigenvalue weighted by molar-refractivity contribution is -0.138. The van der Waals surface area contributed by atoms with Crippen LogP contribution in [-0.4, -0.2) is 51.2 Å². The summed E-state index contributed by atoms with van der Waals surface area (Å²) in [6.07, 6.45) is -0.492. The number of carbonyl (C=O) groups excluding carboxylic acids is 1. The van der Waals surface area contributed by atoms with E-state index in [1.807, 2.05) is 6.26 Å². The number of alkyl halides is 3. The fourth-order valence-corrected chi connectivity index (χ4v) is 4.79. The molecule has 1 saturated heterocycles. The number of likely N-dealkylation sites (tertiary alicyclic amines) is 1. The first kappa shape index (κ1) is 20.3. The van der Waals surface area contributed by atoms with Gasteiger partial charge in [-0.05, 0) is 36.6 Å². The van der Waals surface area contributed by atoms with E-state index >= 15 is 0 Å². The molecule has 0 saturated carbocycles. The van der Waals surface area contributed by atoms with E-state index in [0.717, 1.165) is 30.3 Å².